The first kappa shape index (κ1) is 19.7. The van der Waals surface area contributed by atoms with Gasteiger partial charge in [-0.05, 0) is 36.6 Å². The third-order valence-corrected chi connectivity index (χ3v) is 5.57. The molecular formula is C21H25ClN6O. The molecule has 2 aromatic heterocycles. The molecular weight excluding hydrogens is 388 g/mol. The fourth-order valence-corrected chi connectivity index (χ4v) is 4.03. The number of carbonyl (C=O) groups is 1. The number of rotatable bonds is 4. The number of hydrogen-bond acceptors (Lipinski definition) is 4. The van der Waals surface area contributed by atoms with E-state index in [2.05, 4.69) is 33.2 Å². The molecule has 3 aromatic rings. The van der Waals surface area contributed by atoms with Gasteiger partial charge in [0.2, 0.25) is 5.91 Å². The highest BCUT2D eigenvalue weighted by Crippen LogP contribution is 2.23. The monoisotopic (exact) mass is 412 g/mol. The third kappa shape index (κ3) is 3.93. The minimum atomic E-state index is 0. The topological polar surface area (TPSA) is 68.0 Å². The number of carbonyl (C=O) groups excluding carboxylic acids is 1. The number of likely N-dealkylation sites (tertiary alicyclic amines) is 1. The van der Waals surface area contributed by atoms with Gasteiger partial charge in [0.1, 0.15) is 5.69 Å². The van der Waals surface area contributed by atoms with Gasteiger partial charge in [-0.25, -0.2) is 4.98 Å². The molecule has 1 N–H and O–H groups in total. The molecule has 1 fully saturated rings. The van der Waals surface area contributed by atoms with Crippen LogP contribution in [0.4, 0.5) is 0 Å². The summed E-state index contributed by atoms with van der Waals surface area (Å²) in [6.45, 7) is 4.47. The van der Waals surface area contributed by atoms with Gasteiger partial charge in [0, 0.05) is 44.3 Å². The minimum Gasteiger partial charge on any atom is -0.342 e. The second-order valence-corrected chi connectivity index (χ2v) is 7.47. The smallest absolute Gasteiger partial charge is 0.226 e. The Kier molecular flexibility index (Phi) is 5.69. The van der Waals surface area contributed by atoms with E-state index in [-0.39, 0.29) is 18.3 Å². The predicted octanol–water partition coefficient (Wildman–Crippen LogP) is 2.43. The Hall–Kier alpha value is -2.64. The van der Waals surface area contributed by atoms with Crippen molar-refractivity contribution < 1.29 is 4.79 Å². The molecule has 152 valence electrons. The Labute approximate surface area is 176 Å². The van der Waals surface area contributed by atoms with Crippen molar-refractivity contribution in [1.29, 1.82) is 0 Å². The van der Waals surface area contributed by atoms with Gasteiger partial charge in [0.05, 0.1) is 18.7 Å². The van der Waals surface area contributed by atoms with E-state index in [4.69, 9.17) is 5.10 Å². The van der Waals surface area contributed by atoms with Gasteiger partial charge in [0.25, 0.3) is 0 Å². The Bertz CT molecular complexity index is 964. The van der Waals surface area contributed by atoms with E-state index in [9.17, 15) is 4.79 Å². The van der Waals surface area contributed by atoms with Crippen LogP contribution >= 0.6 is 12.4 Å². The third-order valence-electron chi connectivity index (χ3n) is 5.57. The zero-order valence-electron chi connectivity index (χ0n) is 16.3. The maximum Gasteiger partial charge on any atom is 0.226 e. The van der Waals surface area contributed by atoms with E-state index >= 15 is 0 Å². The van der Waals surface area contributed by atoms with E-state index in [1.165, 1.54) is 5.69 Å². The van der Waals surface area contributed by atoms with Crippen molar-refractivity contribution >= 4 is 18.3 Å². The maximum atomic E-state index is 12.4. The van der Waals surface area contributed by atoms with Crippen LogP contribution in [0.15, 0.2) is 42.7 Å². The number of imidazole rings is 1. The molecule has 7 nitrogen and oxygen atoms in total. The molecule has 2 aliphatic heterocycles. The highest BCUT2D eigenvalue weighted by Gasteiger charge is 2.19. The van der Waals surface area contributed by atoms with Gasteiger partial charge in [0.15, 0.2) is 5.82 Å². The summed E-state index contributed by atoms with van der Waals surface area (Å²) in [5.74, 6) is 1.06. The molecule has 2 aliphatic rings. The second kappa shape index (κ2) is 8.39. The summed E-state index contributed by atoms with van der Waals surface area (Å²) < 4.78 is 4.10. The first-order chi connectivity index (χ1) is 13.8. The number of halogens is 1. The molecule has 29 heavy (non-hydrogen) atoms. The van der Waals surface area contributed by atoms with Crippen molar-refractivity contribution in [3.05, 3.63) is 54.0 Å². The summed E-state index contributed by atoms with van der Waals surface area (Å²) in [5, 5.41) is 8.09. The fraction of sp³-hybridized carbons (Fsp3) is 0.381. The number of aromatic nitrogens is 4. The van der Waals surface area contributed by atoms with Crippen LogP contribution in [0.1, 0.15) is 24.1 Å². The van der Waals surface area contributed by atoms with Crippen molar-refractivity contribution in [3.8, 4) is 17.2 Å². The number of benzene rings is 1. The number of amides is 1. The van der Waals surface area contributed by atoms with Crippen molar-refractivity contribution in [2.24, 2.45) is 0 Å². The van der Waals surface area contributed by atoms with E-state index < -0.39 is 0 Å². The molecule has 1 aromatic carbocycles. The predicted molar refractivity (Wildman–Crippen MR) is 113 cm³/mol. The summed E-state index contributed by atoms with van der Waals surface area (Å²) in [6.07, 6.45) is 6.48. The number of nitrogens with one attached hydrogen (secondary N) is 1. The second-order valence-electron chi connectivity index (χ2n) is 7.47. The molecule has 8 heteroatoms. The van der Waals surface area contributed by atoms with Gasteiger partial charge >= 0.3 is 0 Å². The van der Waals surface area contributed by atoms with Crippen LogP contribution in [0.2, 0.25) is 0 Å². The molecule has 0 saturated carbocycles. The lowest BCUT2D eigenvalue weighted by Gasteiger charge is -2.15. The minimum absolute atomic E-state index is 0. The quantitative estimate of drug-likeness (QED) is 0.714. The maximum absolute atomic E-state index is 12.4. The summed E-state index contributed by atoms with van der Waals surface area (Å²) in [7, 11) is 0. The molecule has 0 atom stereocenters. The van der Waals surface area contributed by atoms with Gasteiger partial charge in [-0.15, -0.1) is 12.4 Å². The number of fused-ring (bicyclic) bond motifs is 1. The largest absolute Gasteiger partial charge is 0.342 e. The molecule has 1 amide bonds. The summed E-state index contributed by atoms with van der Waals surface area (Å²) in [4.78, 5) is 18.9. The fourth-order valence-electron chi connectivity index (χ4n) is 4.03. The molecule has 0 spiro atoms. The van der Waals surface area contributed by atoms with Crippen LogP contribution in [0.25, 0.3) is 17.2 Å². The Morgan fingerprint density at radius 3 is 2.66 bits per heavy atom. The molecule has 0 aliphatic carbocycles. The summed E-state index contributed by atoms with van der Waals surface area (Å²) >= 11 is 0. The lowest BCUT2D eigenvalue weighted by molar-refractivity contribution is -0.129. The first-order valence-corrected chi connectivity index (χ1v) is 9.96. The molecule has 4 heterocycles. The highest BCUT2D eigenvalue weighted by atomic mass is 35.5. The van der Waals surface area contributed by atoms with Gasteiger partial charge in [-0.1, -0.05) is 12.1 Å². The van der Waals surface area contributed by atoms with E-state index in [1.807, 2.05) is 27.8 Å². The van der Waals surface area contributed by atoms with Gasteiger partial charge in [-0.2, -0.15) is 5.10 Å². The standard InChI is InChI=1S/C21H24N6O.ClH/c28-20(25-9-1-2-10-25)13-16-3-5-17(6-4-16)26-11-8-23-21(26)19-14-18-15-22-7-12-27(18)24-19;/h3-6,8,11,14,22H,1-2,7,9-10,12-13,15H2;1H. The molecule has 0 unspecified atom stereocenters. The summed E-state index contributed by atoms with van der Waals surface area (Å²) in [5.41, 5.74) is 4.14. The SMILES string of the molecule is Cl.O=C(Cc1ccc(-n2ccnc2-c2cc3n(n2)CCNC3)cc1)N1CCCC1. The van der Waals surface area contributed by atoms with Crippen LogP contribution in [-0.2, 0) is 24.3 Å². The van der Waals surface area contributed by atoms with Crippen molar-refractivity contribution in [3.63, 3.8) is 0 Å². The molecule has 0 bridgehead atoms. The molecule has 0 radical (unpaired) electrons. The molecule has 1 saturated heterocycles. The zero-order valence-corrected chi connectivity index (χ0v) is 17.1. The lowest BCUT2D eigenvalue weighted by Crippen LogP contribution is -2.29. The summed E-state index contributed by atoms with van der Waals surface area (Å²) in [6, 6.07) is 10.3. The van der Waals surface area contributed by atoms with Gasteiger partial charge in [-0.3, -0.25) is 14.0 Å². The average Bonchev–Trinajstić information content (AvgIpc) is 3.48. The Morgan fingerprint density at radius 2 is 1.90 bits per heavy atom. The number of hydrogen-bond donors (Lipinski definition) is 1. The molecule has 5 rings (SSSR count). The van der Waals surface area contributed by atoms with Crippen LogP contribution in [-0.4, -0.2) is 49.8 Å². The highest BCUT2D eigenvalue weighted by molar-refractivity contribution is 5.85. The van der Waals surface area contributed by atoms with Crippen LogP contribution in [0, 0.1) is 0 Å². The first-order valence-electron chi connectivity index (χ1n) is 9.96. The van der Waals surface area contributed by atoms with E-state index in [1.54, 1.807) is 6.20 Å². The normalized spacial score (nSPS) is 15.8. The van der Waals surface area contributed by atoms with Crippen molar-refractivity contribution in [2.45, 2.75) is 32.4 Å². The Morgan fingerprint density at radius 1 is 1.10 bits per heavy atom. The lowest BCUT2D eigenvalue weighted by atomic mass is 10.1. The van der Waals surface area contributed by atoms with Gasteiger partial charge < -0.3 is 10.2 Å². The van der Waals surface area contributed by atoms with Crippen molar-refractivity contribution in [1.82, 2.24) is 29.5 Å². The van der Waals surface area contributed by atoms with Crippen LogP contribution in [0.3, 0.4) is 0 Å². The van der Waals surface area contributed by atoms with E-state index in [0.29, 0.717) is 6.42 Å². The zero-order chi connectivity index (χ0) is 18.9. The van der Waals surface area contributed by atoms with Crippen molar-refractivity contribution in [2.75, 3.05) is 19.6 Å². The number of nitrogens with zero attached hydrogens (tertiary/aromatic N) is 5. The van der Waals surface area contributed by atoms with Crippen LogP contribution < -0.4 is 5.32 Å². The Balaban J connectivity index is 0.00000205. The average molecular weight is 413 g/mol. The van der Waals surface area contributed by atoms with E-state index in [0.717, 1.165) is 68.3 Å². The van der Waals surface area contributed by atoms with Crippen LogP contribution in [0.5, 0.6) is 0 Å².